The van der Waals surface area contributed by atoms with Crippen LogP contribution in [-0.2, 0) is 5.60 Å². The zero-order valence-electron chi connectivity index (χ0n) is 18.1. The number of aromatic nitrogens is 4. The lowest BCUT2D eigenvalue weighted by Gasteiger charge is -2.28. The number of imidazole rings is 1. The second-order valence-corrected chi connectivity index (χ2v) is 10.3. The Morgan fingerprint density at radius 2 is 2.03 bits per heavy atom. The lowest BCUT2D eigenvalue weighted by atomic mass is 9.85. The highest BCUT2D eigenvalue weighted by Crippen LogP contribution is 2.46. The zero-order valence-corrected chi connectivity index (χ0v) is 19.7. The van der Waals surface area contributed by atoms with E-state index in [-0.39, 0.29) is 0 Å². The fourth-order valence-corrected chi connectivity index (χ4v) is 5.64. The molecule has 1 unspecified atom stereocenters. The Morgan fingerprint density at radius 1 is 1.18 bits per heavy atom. The number of hydrogen-bond acceptors (Lipinski definition) is 6. The van der Waals surface area contributed by atoms with Crippen LogP contribution < -0.4 is 0 Å². The number of aromatic amines is 1. The Labute approximate surface area is 199 Å². The van der Waals surface area contributed by atoms with Gasteiger partial charge in [0.1, 0.15) is 11.6 Å². The second-order valence-electron chi connectivity index (χ2n) is 8.54. The lowest BCUT2D eigenvalue weighted by molar-refractivity contribution is 0.126. The molecular weight excluding hydrogens is 456 g/mol. The summed E-state index contributed by atoms with van der Waals surface area (Å²) in [4.78, 5) is 13.7. The number of rotatable bonds is 5. The van der Waals surface area contributed by atoms with Gasteiger partial charge >= 0.3 is 0 Å². The van der Waals surface area contributed by atoms with E-state index in [0.29, 0.717) is 26.4 Å². The number of hydrogen-bond donors (Lipinski definition) is 2. The maximum atomic E-state index is 12.5. The van der Waals surface area contributed by atoms with Crippen LogP contribution in [0.25, 0.3) is 22.2 Å². The number of fused-ring (bicyclic) bond motifs is 1. The predicted molar refractivity (Wildman–Crippen MR) is 129 cm³/mol. The summed E-state index contributed by atoms with van der Waals surface area (Å²) >= 11 is 7.65. The minimum absolute atomic E-state index is 0.437. The van der Waals surface area contributed by atoms with Gasteiger partial charge in [-0.3, -0.25) is 4.98 Å². The van der Waals surface area contributed by atoms with Crippen LogP contribution in [0, 0.1) is 13.8 Å². The summed E-state index contributed by atoms with van der Waals surface area (Å²) in [6, 6.07) is 13.2. The van der Waals surface area contributed by atoms with E-state index in [4.69, 9.17) is 21.1 Å². The summed E-state index contributed by atoms with van der Waals surface area (Å²) in [6.45, 7) is 3.81. The molecule has 1 atom stereocenters. The monoisotopic (exact) mass is 476 g/mol. The van der Waals surface area contributed by atoms with E-state index >= 15 is 0 Å². The number of nitrogens with zero attached hydrogens (tertiary/aromatic N) is 3. The van der Waals surface area contributed by atoms with Gasteiger partial charge in [-0.2, -0.15) is 0 Å². The minimum Gasteiger partial charge on any atom is -0.374 e. The quantitative estimate of drug-likeness (QED) is 0.319. The van der Waals surface area contributed by atoms with Crippen LogP contribution in [0.1, 0.15) is 52.2 Å². The fraction of sp³-hybridized carbons (Fsp3) is 0.240. The second kappa shape index (κ2) is 7.52. The molecule has 0 aliphatic heterocycles. The van der Waals surface area contributed by atoms with Gasteiger partial charge in [0, 0.05) is 28.1 Å². The third-order valence-corrected chi connectivity index (χ3v) is 7.59. The van der Waals surface area contributed by atoms with Crippen molar-refractivity contribution in [3.8, 4) is 11.1 Å². The number of nitrogens with one attached hydrogen (secondary N) is 1. The first-order chi connectivity index (χ1) is 15.9. The number of H-pyrrole nitrogens is 1. The molecule has 166 valence electrons. The number of aliphatic hydroxyl groups is 1. The van der Waals surface area contributed by atoms with Crippen LogP contribution in [-0.4, -0.2) is 25.2 Å². The molecule has 33 heavy (non-hydrogen) atoms. The van der Waals surface area contributed by atoms with Crippen molar-refractivity contribution in [3.63, 3.8) is 0 Å². The number of aryl methyl sites for hydroxylation is 2. The van der Waals surface area contributed by atoms with E-state index in [9.17, 15) is 5.11 Å². The van der Waals surface area contributed by atoms with Crippen molar-refractivity contribution < 1.29 is 9.63 Å². The number of pyridine rings is 1. The van der Waals surface area contributed by atoms with Gasteiger partial charge < -0.3 is 14.6 Å². The van der Waals surface area contributed by atoms with Gasteiger partial charge in [0.15, 0.2) is 5.60 Å². The first kappa shape index (κ1) is 20.6. The first-order valence-electron chi connectivity index (χ1n) is 10.8. The third kappa shape index (κ3) is 3.30. The van der Waals surface area contributed by atoms with Crippen molar-refractivity contribution in [2.24, 2.45) is 0 Å². The molecule has 0 radical (unpaired) electrons. The van der Waals surface area contributed by atoms with Crippen LogP contribution in [0.2, 0.25) is 4.34 Å². The summed E-state index contributed by atoms with van der Waals surface area (Å²) in [5.41, 5.74) is 3.81. The van der Waals surface area contributed by atoms with Crippen molar-refractivity contribution in [3.05, 3.63) is 86.4 Å². The van der Waals surface area contributed by atoms with Crippen LogP contribution in [0.3, 0.4) is 0 Å². The molecule has 0 spiro atoms. The highest BCUT2D eigenvalue weighted by molar-refractivity contribution is 7.16. The molecule has 1 fully saturated rings. The molecule has 0 amide bonds. The molecule has 0 saturated heterocycles. The normalized spacial score (nSPS) is 15.8. The molecule has 1 saturated carbocycles. The summed E-state index contributed by atoms with van der Waals surface area (Å²) < 4.78 is 6.04. The Kier molecular flexibility index (Phi) is 4.69. The van der Waals surface area contributed by atoms with E-state index in [1.807, 2.05) is 44.2 Å². The summed E-state index contributed by atoms with van der Waals surface area (Å²) in [5.74, 6) is 2.11. The van der Waals surface area contributed by atoms with Crippen molar-refractivity contribution in [2.75, 3.05) is 0 Å². The molecule has 4 heterocycles. The minimum atomic E-state index is -1.54. The molecular formula is C25H21ClN4O2S. The van der Waals surface area contributed by atoms with Crippen LogP contribution >= 0.6 is 22.9 Å². The molecule has 1 aliphatic rings. The Bertz CT molecular complexity index is 1470. The van der Waals surface area contributed by atoms with E-state index in [1.165, 1.54) is 11.3 Å². The van der Waals surface area contributed by atoms with Gasteiger partial charge in [0.25, 0.3) is 0 Å². The molecule has 0 bridgehead atoms. The standard InChI is InChI=1S/C25H21ClN4O2S/c1-13-22(14(2)32-30-13)16-11-17(23-18(12-16)28-24(29-23)15-6-7-15)25(31,19-5-3-4-10-27-19)20-8-9-21(26)33-20/h3-5,8-12,15,31H,6-7H2,1-2H3,(H,28,29). The fourth-order valence-electron chi connectivity index (χ4n) is 4.48. The predicted octanol–water partition coefficient (Wildman–Crippen LogP) is 6.11. The van der Waals surface area contributed by atoms with Gasteiger partial charge in [0.05, 0.1) is 26.8 Å². The largest absolute Gasteiger partial charge is 0.374 e. The highest BCUT2D eigenvalue weighted by Gasteiger charge is 2.40. The van der Waals surface area contributed by atoms with Gasteiger partial charge in [-0.05, 0) is 68.7 Å². The van der Waals surface area contributed by atoms with Gasteiger partial charge in [-0.1, -0.05) is 22.8 Å². The van der Waals surface area contributed by atoms with Crippen molar-refractivity contribution in [1.82, 2.24) is 20.1 Å². The number of thiophene rings is 1. The average Bonchev–Trinajstić information content (AvgIpc) is 3.28. The highest BCUT2D eigenvalue weighted by atomic mass is 35.5. The lowest BCUT2D eigenvalue weighted by Crippen LogP contribution is -2.29. The molecule has 6 rings (SSSR count). The van der Waals surface area contributed by atoms with E-state index < -0.39 is 5.60 Å². The summed E-state index contributed by atoms with van der Waals surface area (Å²) in [7, 11) is 0. The Morgan fingerprint density at radius 3 is 2.67 bits per heavy atom. The topological polar surface area (TPSA) is 87.8 Å². The maximum absolute atomic E-state index is 12.5. The molecule has 1 aliphatic carbocycles. The average molecular weight is 477 g/mol. The molecule has 5 aromatic rings. The van der Waals surface area contributed by atoms with Gasteiger partial charge in [-0.15, -0.1) is 11.3 Å². The third-order valence-electron chi connectivity index (χ3n) is 6.25. The van der Waals surface area contributed by atoms with Crippen molar-refractivity contribution in [2.45, 2.75) is 38.2 Å². The van der Waals surface area contributed by atoms with Gasteiger partial charge in [-0.25, -0.2) is 4.98 Å². The van der Waals surface area contributed by atoms with Crippen molar-refractivity contribution in [1.29, 1.82) is 0 Å². The summed E-state index contributed by atoms with van der Waals surface area (Å²) in [5, 5.41) is 16.6. The Balaban J connectivity index is 1.70. The zero-order chi connectivity index (χ0) is 22.7. The summed E-state index contributed by atoms with van der Waals surface area (Å²) in [6.07, 6.45) is 3.93. The van der Waals surface area contributed by atoms with Crippen LogP contribution in [0.15, 0.2) is 53.2 Å². The first-order valence-corrected chi connectivity index (χ1v) is 12.0. The number of benzene rings is 1. The smallest absolute Gasteiger partial charge is 0.168 e. The molecule has 6 nitrogen and oxygen atoms in total. The molecule has 2 N–H and O–H groups in total. The molecule has 4 aromatic heterocycles. The number of halogens is 1. The molecule has 8 heteroatoms. The van der Waals surface area contributed by atoms with E-state index in [0.717, 1.165) is 52.3 Å². The van der Waals surface area contributed by atoms with Crippen LogP contribution in [0.5, 0.6) is 0 Å². The van der Waals surface area contributed by atoms with E-state index in [2.05, 4.69) is 21.2 Å². The van der Waals surface area contributed by atoms with Crippen molar-refractivity contribution >= 4 is 34.0 Å². The van der Waals surface area contributed by atoms with Gasteiger partial charge in [0.2, 0.25) is 0 Å². The SMILES string of the molecule is Cc1noc(C)c1-c1cc(C(O)(c2ccccn2)c2ccc(Cl)s2)c2nc(C3CC3)[nH]c2c1. The molecule has 1 aromatic carbocycles. The maximum Gasteiger partial charge on any atom is 0.168 e. The van der Waals surface area contributed by atoms with Crippen LogP contribution in [0.4, 0.5) is 0 Å². The Hall–Kier alpha value is -3.00. The van der Waals surface area contributed by atoms with E-state index in [1.54, 1.807) is 12.3 Å².